The third kappa shape index (κ3) is 7.95. The van der Waals surface area contributed by atoms with Crippen LogP contribution in [0.15, 0.2) is 206 Å². The Balaban J connectivity index is 0.730. The molecule has 0 unspecified atom stereocenters. The number of anilines is 2. The van der Waals surface area contributed by atoms with Crippen molar-refractivity contribution in [2.45, 2.75) is 13.1 Å². The van der Waals surface area contributed by atoms with Gasteiger partial charge in [-0.3, -0.25) is 0 Å². The largest absolute Gasteiger partial charge is 0.349 e. The van der Waals surface area contributed by atoms with Crippen molar-refractivity contribution in [3.05, 3.63) is 240 Å². The lowest BCUT2D eigenvalue weighted by atomic mass is 9.98. The number of rotatable bonds is 6. The van der Waals surface area contributed by atoms with Crippen molar-refractivity contribution in [1.82, 2.24) is 19.9 Å². The van der Waals surface area contributed by atoms with Crippen LogP contribution >= 0.6 is 0 Å². The second-order valence-corrected chi connectivity index (χ2v) is 17.0. The van der Waals surface area contributed by atoms with E-state index in [2.05, 4.69) is 225 Å². The van der Waals surface area contributed by atoms with Crippen LogP contribution in [0.5, 0.6) is 0 Å². The summed E-state index contributed by atoms with van der Waals surface area (Å²) in [6.07, 6.45) is 0. The van der Waals surface area contributed by atoms with Crippen LogP contribution in [0, 0.1) is 23.7 Å². The second-order valence-electron chi connectivity index (χ2n) is 17.0. The summed E-state index contributed by atoms with van der Waals surface area (Å²) in [4.78, 5) is 22.3. The maximum atomic E-state index is 5.07. The third-order valence-electron chi connectivity index (χ3n) is 12.6. The Morgan fingerprint density at radius 3 is 1.07 bits per heavy atom. The minimum absolute atomic E-state index is 0.828. The van der Waals surface area contributed by atoms with Crippen LogP contribution < -0.4 is 9.80 Å². The Morgan fingerprint density at radius 2 is 0.687 bits per heavy atom. The Kier molecular flexibility index (Phi) is 10.1. The lowest BCUT2D eigenvalue weighted by Crippen LogP contribution is -2.46. The third-order valence-corrected chi connectivity index (χ3v) is 12.6. The normalized spacial score (nSPS) is 12.3. The van der Waals surface area contributed by atoms with Gasteiger partial charge in [-0.1, -0.05) is 169 Å². The molecule has 6 heteroatoms. The molecular formula is C61H42N6. The molecule has 0 aliphatic carbocycles. The summed E-state index contributed by atoms with van der Waals surface area (Å²) in [6, 6.07) is 71.4. The van der Waals surface area contributed by atoms with Crippen LogP contribution in [0.4, 0.5) is 11.4 Å². The summed E-state index contributed by atoms with van der Waals surface area (Å²) in [6.45, 7) is 2.52. The van der Waals surface area contributed by atoms with Crippen LogP contribution in [-0.2, 0) is 13.1 Å². The van der Waals surface area contributed by atoms with E-state index < -0.39 is 0 Å². The molecule has 2 N–H and O–H groups in total. The van der Waals surface area contributed by atoms with Gasteiger partial charge < -0.3 is 19.8 Å². The quantitative estimate of drug-likeness (QED) is 0.164. The van der Waals surface area contributed by atoms with Gasteiger partial charge in [0.2, 0.25) is 0 Å². The van der Waals surface area contributed by atoms with E-state index in [4.69, 9.17) is 9.97 Å². The molecule has 0 fully saturated rings. The van der Waals surface area contributed by atoms with Gasteiger partial charge in [0.15, 0.2) is 0 Å². The first-order chi connectivity index (χ1) is 33.1. The van der Waals surface area contributed by atoms with Crippen LogP contribution in [0.2, 0.25) is 0 Å². The van der Waals surface area contributed by atoms with E-state index in [9.17, 15) is 0 Å². The summed E-state index contributed by atoms with van der Waals surface area (Å²) < 4.78 is 0. The van der Waals surface area contributed by atoms with Gasteiger partial charge in [-0.2, -0.15) is 0 Å². The fraction of sp³-hybridized carbons (Fsp3) is 0.0492. The summed E-state index contributed by atoms with van der Waals surface area (Å²) in [5.41, 5.74) is 19.3. The van der Waals surface area contributed by atoms with Crippen molar-refractivity contribution in [2.75, 3.05) is 16.5 Å². The SMILES string of the molecule is C(#Cc1ccc2c(c1)CN1CN2Cc2cc(C#Cc3ccc(-c4nc(-c5ccccc5)c(-c5ccccc5)[nH]4)cc3)ccc21)c1ccc(-c2nc(-c3ccccc3)c(-c3ccccc3)[nH]2)cc1. The van der Waals surface area contributed by atoms with E-state index in [1.165, 1.54) is 22.5 Å². The average molecular weight is 859 g/mol. The molecule has 8 aromatic carbocycles. The first-order valence-corrected chi connectivity index (χ1v) is 22.6. The summed E-state index contributed by atoms with van der Waals surface area (Å²) in [5.74, 6) is 15.4. The summed E-state index contributed by atoms with van der Waals surface area (Å²) >= 11 is 0. The van der Waals surface area contributed by atoms with Gasteiger partial charge in [-0.05, 0) is 71.8 Å². The molecule has 316 valence electrons. The maximum absolute atomic E-state index is 5.07. The van der Waals surface area contributed by atoms with E-state index in [-0.39, 0.29) is 0 Å². The second kappa shape index (κ2) is 17.1. The topological polar surface area (TPSA) is 63.8 Å². The fourth-order valence-electron chi connectivity index (χ4n) is 9.21. The molecule has 4 heterocycles. The van der Waals surface area contributed by atoms with E-state index in [1.807, 2.05) is 24.3 Å². The predicted octanol–water partition coefficient (Wildman–Crippen LogP) is 13.2. The Bertz CT molecular complexity index is 3180. The van der Waals surface area contributed by atoms with E-state index in [0.29, 0.717) is 0 Å². The molecule has 0 radical (unpaired) electrons. The van der Waals surface area contributed by atoms with Crippen molar-refractivity contribution in [2.24, 2.45) is 0 Å². The molecular weight excluding hydrogens is 817 g/mol. The molecule has 6 nitrogen and oxygen atoms in total. The summed E-state index contributed by atoms with van der Waals surface area (Å²) in [5, 5.41) is 0. The Morgan fingerprint density at radius 1 is 0.343 bits per heavy atom. The summed E-state index contributed by atoms with van der Waals surface area (Å²) in [7, 11) is 0. The number of fused-ring (bicyclic) bond motifs is 6. The number of benzene rings is 8. The van der Waals surface area contributed by atoms with Crippen LogP contribution in [0.1, 0.15) is 33.4 Å². The number of nitrogens with zero attached hydrogens (tertiary/aromatic N) is 4. The zero-order valence-electron chi connectivity index (χ0n) is 36.5. The van der Waals surface area contributed by atoms with E-state index in [0.717, 1.165) is 110 Å². The zero-order valence-corrected chi connectivity index (χ0v) is 36.5. The molecule has 0 spiro atoms. The van der Waals surface area contributed by atoms with Gasteiger partial charge in [0, 0.05) is 80.1 Å². The van der Waals surface area contributed by atoms with E-state index in [1.54, 1.807) is 0 Å². The molecule has 0 atom stereocenters. The smallest absolute Gasteiger partial charge is 0.138 e. The number of aromatic nitrogens is 4. The minimum atomic E-state index is 0.828. The monoisotopic (exact) mass is 858 g/mol. The predicted molar refractivity (Wildman–Crippen MR) is 272 cm³/mol. The van der Waals surface area contributed by atoms with Crippen LogP contribution in [0.25, 0.3) is 67.8 Å². The van der Waals surface area contributed by atoms with Gasteiger partial charge in [-0.15, -0.1) is 0 Å². The number of hydrogen-bond acceptors (Lipinski definition) is 4. The molecule has 2 aromatic heterocycles. The van der Waals surface area contributed by atoms with Crippen LogP contribution in [-0.4, -0.2) is 26.6 Å². The lowest BCUT2D eigenvalue weighted by Gasteiger charge is -2.44. The molecule has 0 saturated heterocycles. The molecule has 67 heavy (non-hydrogen) atoms. The van der Waals surface area contributed by atoms with Crippen molar-refractivity contribution < 1.29 is 0 Å². The van der Waals surface area contributed by atoms with Crippen molar-refractivity contribution in [3.63, 3.8) is 0 Å². The highest BCUT2D eigenvalue weighted by atomic mass is 15.4. The number of H-pyrrole nitrogens is 2. The van der Waals surface area contributed by atoms with E-state index >= 15 is 0 Å². The van der Waals surface area contributed by atoms with Gasteiger partial charge in [-0.25, -0.2) is 9.97 Å². The van der Waals surface area contributed by atoms with Crippen molar-refractivity contribution >= 4 is 11.4 Å². The first kappa shape index (κ1) is 39.5. The van der Waals surface area contributed by atoms with Gasteiger partial charge in [0.1, 0.15) is 11.6 Å². The number of imidazole rings is 2. The van der Waals surface area contributed by atoms with Crippen molar-refractivity contribution in [1.29, 1.82) is 0 Å². The molecule has 0 amide bonds. The molecule has 2 aliphatic heterocycles. The zero-order chi connectivity index (χ0) is 44.5. The van der Waals surface area contributed by atoms with Gasteiger partial charge in [0.05, 0.1) is 29.4 Å². The fourth-order valence-corrected chi connectivity index (χ4v) is 9.21. The highest BCUT2D eigenvalue weighted by molar-refractivity contribution is 5.83. The van der Waals surface area contributed by atoms with Crippen molar-refractivity contribution in [3.8, 4) is 91.5 Å². The maximum Gasteiger partial charge on any atom is 0.138 e. The first-order valence-electron chi connectivity index (χ1n) is 22.6. The van der Waals surface area contributed by atoms with Crippen LogP contribution in [0.3, 0.4) is 0 Å². The number of nitrogens with one attached hydrogen (secondary N) is 2. The Hall–Kier alpha value is -9.10. The van der Waals surface area contributed by atoms with Gasteiger partial charge >= 0.3 is 0 Å². The highest BCUT2D eigenvalue weighted by Crippen LogP contribution is 2.39. The standard InChI is InChI=1S/C61H42N6/c1-5-13-46(14-6-1)56-57(47-15-7-2-8-16-47)63-60(62-56)50-31-25-42(26-32-50)21-23-44-29-35-54-52(37-44)39-66-41-67(54)40-53-38-45(30-36-55(53)66)24-22-43-27-33-51(34-28-43)61-64-58(48-17-9-3-10-18-48)59(65-61)49-19-11-4-12-20-49/h1-20,25-38H,39-41H2,(H,62,63)(H,64,65). The highest BCUT2D eigenvalue weighted by Gasteiger charge is 2.29. The molecule has 12 rings (SSSR count). The molecule has 0 saturated carbocycles. The number of hydrogen-bond donors (Lipinski definition) is 2. The Labute approximate surface area is 390 Å². The molecule has 2 bridgehead atoms. The van der Waals surface area contributed by atoms with Gasteiger partial charge in [0.25, 0.3) is 0 Å². The molecule has 10 aromatic rings. The minimum Gasteiger partial charge on any atom is -0.349 e. The number of aromatic amines is 2. The average Bonchev–Trinajstić information content (AvgIpc) is 4.06. The molecule has 2 aliphatic rings. The lowest BCUT2D eigenvalue weighted by molar-refractivity contribution is 0.650.